The maximum absolute atomic E-state index is 13.0. The van der Waals surface area contributed by atoms with E-state index in [9.17, 15) is 18.0 Å². The zero-order chi connectivity index (χ0) is 15.0. The van der Waals surface area contributed by atoms with Crippen LogP contribution in [0.15, 0.2) is 35.0 Å². The summed E-state index contributed by atoms with van der Waals surface area (Å²) in [5.74, 6) is 0.0536. The van der Waals surface area contributed by atoms with Gasteiger partial charge in [-0.3, -0.25) is 4.79 Å². The Morgan fingerprint density at radius 1 is 1.29 bits per heavy atom. The predicted octanol–water partition coefficient (Wildman–Crippen LogP) is 2.89. The Balaban J connectivity index is 1.90. The minimum atomic E-state index is -4.55. The number of fused-ring (bicyclic) bond motifs is 1. The molecule has 2 heterocycles. The molecule has 21 heavy (non-hydrogen) atoms. The molecule has 0 saturated heterocycles. The summed E-state index contributed by atoms with van der Waals surface area (Å²) >= 11 is 0. The predicted molar refractivity (Wildman–Crippen MR) is 66.4 cm³/mol. The van der Waals surface area contributed by atoms with E-state index in [1.807, 2.05) is 0 Å². The smallest absolute Gasteiger partial charge is 0.361 e. The second-order valence-corrected chi connectivity index (χ2v) is 4.79. The van der Waals surface area contributed by atoms with Gasteiger partial charge >= 0.3 is 6.18 Å². The molecule has 0 radical (unpaired) electrons. The zero-order valence-corrected chi connectivity index (χ0v) is 10.9. The molecule has 0 atom stereocenters. The molecule has 2 aromatic rings. The number of hydrogen-bond acceptors (Lipinski definition) is 3. The van der Waals surface area contributed by atoms with E-state index in [0.717, 1.165) is 11.6 Å². The molecule has 0 aliphatic carbocycles. The molecule has 1 aromatic heterocycles. The third kappa shape index (κ3) is 2.51. The molecule has 1 aliphatic rings. The van der Waals surface area contributed by atoms with Crippen molar-refractivity contribution in [3.05, 3.63) is 52.9 Å². The highest BCUT2D eigenvalue weighted by Gasteiger charge is 2.36. The third-order valence-corrected chi connectivity index (χ3v) is 3.45. The standard InChI is InChI=1S/C14H11F3N2O2/c15-14(16,17)11-4-2-1-3-10(11)13(20)19-6-5-12-9(8-19)7-18-21-12/h1-4,7H,5-6,8H2. The van der Waals surface area contributed by atoms with E-state index in [0.29, 0.717) is 18.7 Å². The fourth-order valence-electron chi connectivity index (χ4n) is 2.40. The van der Waals surface area contributed by atoms with Crippen molar-refractivity contribution in [2.75, 3.05) is 6.54 Å². The summed E-state index contributed by atoms with van der Waals surface area (Å²) in [5, 5.41) is 3.63. The van der Waals surface area contributed by atoms with Crippen molar-refractivity contribution in [3.63, 3.8) is 0 Å². The fourth-order valence-corrected chi connectivity index (χ4v) is 2.40. The lowest BCUT2D eigenvalue weighted by Crippen LogP contribution is -2.36. The lowest BCUT2D eigenvalue weighted by atomic mass is 10.0. The van der Waals surface area contributed by atoms with Crippen molar-refractivity contribution in [1.82, 2.24) is 10.1 Å². The topological polar surface area (TPSA) is 46.3 Å². The van der Waals surface area contributed by atoms with Crippen molar-refractivity contribution in [1.29, 1.82) is 0 Å². The van der Waals surface area contributed by atoms with Gasteiger partial charge in [-0.25, -0.2) is 0 Å². The Kier molecular flexibility index (Phi) is 3.19. The maximum atomic E-state index is 13.0. The molecule has 0 unspecified atom stereocenters. The molecule has 0 bridgehead atoms. The highest BCUT2D eigenvalue weighted by Crippen LogP contribution is 2.33. The van der Waals surface area contributed by atoms with Gasteiger partial charge in [-0.1, -0.05) is 17.3 Å². The highest BCUT2D eigenvalue weighted by molar-refractivity contribution is 5.96. The minimum absolute atomic E-state index is 0.212. The molecule has 0 fully saturated rings. The van der Waals surface area contributed by atoms with E-state index in [2.05, 4.69) is 5.16 Å². The van der Waals surface area contributed by atoms with Gasteiger partial charge in [0.05, 0.1) is 23.9 Å². The molecule has 0 N–H and O–H groups in total. The van der Waals surface area contributed by atoms with Crippen LogP contribution in [-0.2, 0) is 19.1 Å². The number of alkyl halides is 3. The number of carbonyl (C=O) groups excluding carboxylic acids is 1. The summed E-state index contributed by atoms with van der Waals surface area (Å²) < 4.78 is 43.9. The van der Waals surface area contributed by atoms with Crippen LogP contribution in [-0.4, -0.2) is 22.5 Å². The van der Waals surface area contributed by atoms with Crippen molar-refractivity contribution < 1.29 is 22.5 Å². The van der Waals surface area contributed by atoms with E-state index >= 15 is 0 Å². The highest BCUT2D eigenvalue weighted by atomic mass is 19.4. The van der Waals surface area contributed by atoms with Gasteiger partial charge in [0.2, 0.25) is 0 Å². The van der Waals surface area contributed by atoms with Crippen molar-refractivity contribution in [2.45, 2.75) is 19.1 Å². The first-order valence-electron chi connectivity index (χ1n) is 6.35. The largest absolute Gasteiger partial charge is 0.417 e. The summed E-state index contributed by atoms with van der Waals surface area (Å²) in [6, 6.07) is 4.82. The Morgan fingerprint density at radius 3 is 2.81 bits per heavy atom. The van der Waals surface area contributed by atoms with E-state index in [4.69, 9.17) is 4.52 Å². The molecule has 0 spiro atoms. The van der Waals surface area contributed by atoms with Gasteiger partial charge < -0.3 is 9.42 Å². The molecule has 1 aromatic carbocycles. The Hall–Kier alpha value is -2.31. The molecule has 0 saturated carbocycles. The number of amides is 1. The first-order chi connectivity index (χ1) is 9.97. The first kappa shape index (κ1) is 13.7. The molecule has 4 nitrogen and oxygen atoms in total. The second kappa shape index (κ2) is 4.91. The molecular weight excluding hydrogens is 285 g/mol. The monoisotopic (exact) mass is 296 g/mol. The van der Waals surface area contributed by atoms with Gasteiger partial charge in [0.25, 0.3) is 5.91 Å². The first-order valence-corrected chi connectivity index (χ1v) is 6.35. The van der Waals surface area contributed by atoms with Crippen LogP contribution in [0.3, 0.4) is 0 Å². The average Bonchev–Trinajstić information content (AvgIpc) is 2.93. The third-order valence-electron chi connectivity index (χ3n) is 3.45. The van der Waals surface area contributed by atoms with Crippen LogP contribution in [0, 0.1) is 0 Å². The summed E-state index contributed by atoms with van der Waals surface area (Å²) in [7, 11) is 0. The molecule has 7 heteroatoms. The number of hydrogen-bond donors (Lipinski definition) is 0. The van der Waals surface area contributed by atoms with Gasteiger partial charge in [-0.2, -0.15) is 13.2 Å². The molecular formula is C14H11F3N2O2. The SMILES string of the molecule is O=C(c1ccccc1C(F)(F)F)N1CCc2oncc2C1. The molecule has 3 rings (SSSR count). The van der Waals surface area contributed by atoms with Crippen LogP contribution in [0.25, 0.3) is 0 Å². The van der Waals surface area contributed by atoms with Crippen molar-refractivity contribution in [3.8, 4) is 0 Å². The maximum Gasteiger partial charge on any atom is 0.417 e. The number of benzene rings is 1. The fraction of sp³-hybridized carbons (Fsp3) is 0.286. The summed E-state index contributed by atoms with van der Waals surface area (Å²) in [6.45, 7) is 0.525. The van der Waals surface area contributed by atoms with Crippen LogP contribution >= 0.6 is 0 Å². The van der Waals surface area contributed by atoms with Gasteiger partial charge in [0.15, 0.2) is 0 Å². The van der Waals surface area contributed by atoms with E-state index in [-0.39, 0.29) is 12.1 Å². The van der Waals surface area contributed by atoms with E-state index in [1.165, 1.54) is 29.3 Å². The second-order valence-electron chi connectivity index (χ2n) is 4.79. The van der Waals surface area contributed by atoms with Crippen LogP contribution in [0.2, 0.25) is 0 Å². The Bertz CT molecular complexity index is 679. The van der Waals surface area contributed by atoms with E-state index < -0.39 is 17.6 Å². The quantitative estimate of drug-likeness (QED) is 0.813. The molecule has 110 valence electrons. The lowest BCUT2D eigenvalue weighted by Gasteiger charge is -2.26. The van der Waals surface area contributed by atoms with Crippen LogP contribution in [0.5, 0.6) is 0 Å². The zero-order valence-electron chi connectivity index (χ0n) is 10.9. The number of aromatic nitrogens is 1. The van der Waals surface area contributed by atoms with Crippen molar-refractivity contribution >= 4 is 5.91 Å². The number of rotatable bonds is 1. The molecule has 1 amide bonds. The number of halogens is 3. The minimum Gasteiger partial charge on any atom is -0.361 e. The molecule has 1 aliphatic heterocycles. The summed E-state index contributed by atoms with van der Waals surface area (Å²) in [5.41, 5.74) is -0.505. The number of carbonyl (C=O) groups is 1. The van der Waals surface area contributed by atoms with Crippen LogP contribution in [0.4, 0.5) is 13.2 Å². The summed E-state index contributed by atoms with van der Waals surface area (Å²) in [6.07, 6.45) is -2.61. The summed E-state index contributed by atoms with van der Waals surface area (Å²) in [4.78, 5) is 13.8. The van der Waals surface area contributed by atoms with Gasteiger partial charge in [-0.05, 0) is 12.1 Å². The van der Waals surface area contributed by atoms with Crippen molar-refractivity contribution in [2.24, 2.45) is 0 Å². The van der Waals surface area contributed by atoms with Gasteiger partial charge in [-0.15, -0.1) is 0 Å². The average molecular weight is 296 g/mol. The van der Waals surface area contributed by atoms with Crippen LogP contribution in [0.1, 0.15) is 27.2 Å². The van der Waals surface area contributed by atoms with E-state index in [1.54, 1.807) is 0 Å². The Labute approximate surface area is 118 Å². The lowest BCUT2D eigenvalue weighted by molar-refractivity contribution is -0.138. The Morgan fingerprint density at radius 2 is 2.05 bits per heavy atom. The van der Waals surface area contributed by atoms with Gasteiger partial charge in [0, 0.05) is 18.5 Å². The normalized spacial score (nSPS) is 14.9. The number of nitrogens with zero attached hydrogens (tertiary/aromatic N) is 2. The van der Waals surface area contributed by atoms with Crippen LogP contribution < -0.4 is 0 Å². The van der Waals surface area contributed by atoms with Gasteiger partial charge in [0.1, 0.15) is 5.76 Å².